The van der Waals surface area contributed by atoms with Crippen LogP contribution in [0.15, 0.2) is 24.4 Å². The first-order valence-corrected chi connectivity index (χ1v) is 5.29. The van der Waals surface area contributed by atoms with Gasteiger partial charge in [0.05, 0.1) is 11.4 Å². The van der Waals surface area contributed by atoms with Crippen molar-refractivity contribution in [2.24, 2.45) is 7.05 Å². The van der Waals surface area contributed by atoms with Crippen LogP contribution in [0.1, 0.15) is 24.0 Å². The molecule has 0 fully saturated rings. The minimum Gasteiger partial charge on any atom is -0.481 e. The molecule has 1 aromatic carbocycles. The fraction of sp³-hybridized carbons (Fsp3) is 0.308. The summed E-state index contributed by atoms with van der Waals surface area (Å²) in [4.78, 5) is 11.1. The molecule has 84 valence electrons. The Morgan fingerprint density at radius 3 is 2.75 bits per heavy atom. The van der Waals surface area contributed by atoms with Crippen molar-refractivity contribution in [1.29, 1.82) is 0 Å². The van der Waals surface area contributed by atoms with E-state index in [-0.39, 0.29) is 0 Å². The normalized spacial score (nSPS) is 12.9. The summed E-state index contributed by atoms with van der Waals surface area (Å²) < 4.78 is 2.00. The molecule has 0 aliphatic heterocycles. The van der Waals surface area contributed by atoms with Crippen molar-refractivity contribution in [1.82, 2.24) is 4.57 Å². The van der Waals surface area contributed by atoms with Gasteiger partial charge in [0.15, 0.2) is 0 Å². The summed E-state index contributed by atoms with van der Waals surface area (Å²) in [5.41, 5.74) is 3.08. The minimum absolute atomic E-state index is 0.475. The summed E-state index contributed by atoms with van der Waals surface area (Å²) in [6.45, 7) is 3.76. The smallest absolute Gasteiger partial charge is 0.310 e. The molecule has 1 heterocycles. The summed E-state index contributed by atoms with van der Waals surface area (Å²) in [5, 5.41) is 10.2. The van der Waals surface area contributed by atoms with Crippen LogP contribution in [-0.4, -0.2) is 15.6 Å². The minimum atomic E-state index is -0.786. The number of rotatable bonds is 2. The van der Waals surface area contributed by atoms with Crippen LogP contribution >= 0.6 is 0 Å². The predicted octanol–water partition coefficient (Wildman–Crippen LogP) is 2.67. The first-order valence-electron chi connectivity index (χ1n) is 5.29. The lowest BCUT2D eigenvalue weighted by Crippen LogP contribution is -2.08. The summed E-state index contributed by atoms with van der Waals surface area (Å²) in [6, 6.07) is 5.84. The Balaban J connectivity index is 2.75. The van der Waals surface area contributed by atoms with Crippen molar-refractivity contribution >= 4 is 16.9 Å². The number of benzene rings is 1. The first kappa shape index (κ1) is 10.7. The maximum Gasteiger partial charge on any atom is 0.310 e. The molecule has 1 N–H and O–H groups in total. The number of hydrogen-bond acceptors (Lipinski definition) is 1. The number of carboxylic acids is 1. The SMILES string of the molecule is Cc1cn(C)c2c(C(C)C(=O)O)cccc12. The van der Waals surface area contributed by atoms with Crippen LogP contribution in [-0.2, 0) is 11.8 Å². The Kier molecular flexibility index (Phi) is 2.46. The molecule has 0 aliphatic rings. The highest BCUT2D eigenvalue weighted by Crippen LogP contribution is 2.28. The Morgan fingerprint density at radius 1 is 1.44 bits per heavy atom. The fourth-order valence-electron chi connectivity index (χ4n) is 2.18. The first-order chi connectivity index (χ1) is 7.52. The fourth-order valence-corrected chi connectivity index (χ4v) is 2.18. The third-order valence-corrected chi connectivity index (χ3v) is 3.07. The van der Waals surface area contributed by atoms with Gasteiger partial charge >= 0.3 is 5.97 Å². The third-order valence-electron chi connectivity index (χ3n) is 3.07. The van der Waals surface area contributed by atoms with E-state index in [1.807, 2.05) is 42.9 Å². The monoisotopic (exact) mass is 217 g/mol. The maximum absolute atomic E-state index is 11.1. The molecule has 0 bridgehead atoms. The summed E-state index contributed by atoms with van der Waals surface area (Å²) in [5.74, 6) is -1.26. The highest BCUT2D eigenvalue weighted by atomic mass is 16.4. The number of carboxylic acid groups (broad SMARTS) is 1. The molecule has 0 saturated carbocycles. The second kappa shape index (κ2) is 3.67. The molecule has 1 unspecified atom stereocenters. The van der Waals surface area contributed by atoms with Gasteiger partial charge in [-0.05, 0) is 25.0 Å². The van der Waals surface area contributed by atoms with Crippen molar-refractivity contribution in [3.8, 4) is 0 Å². The molecule has 0 radical (unpaired) electrons. The third kappa shape index (κ3) is 1.48. The van der Waals surface area contributed by atoms with Crippen LogP contribution < -0.4 is 0 Å². The molecule has 1 aromatic heterocycles. The predicted molar refractivity (Wildman–Crippen MR) is 63.7 cm³/mol. The number of aryl methyl sites for hydroxylation is 2. The van der Waals surface area contributed by atoms with E-state index >= 15 is 0 Å². The molecule has 0 aliphatic carbocycles. The van der Waals surface area contributed by atoms with Crippen LogP contribution in [0, 0.1) is 6.92 Å². The largest absolute Gasteiger partial charge is 0.481 e. The number of aromatic nitrogens is 1. The van der Waals surface area contributed by atoms with Crippen molar-refractivity contribution in [2.45, 2.75) is 19.8 Å². The molecular weight excluding hydrogens is 202 g/mol. The van der Waals surface area contributed by atoms with Gasteiger partial charge in [0.2, 0.25) is 0 Å². The zero-order valence-corrected chi connectivity index (χ0v) is 9.69. The van der Waals surface area contributed by atoms with E-state index in [2.05, 4.69) is 0 Å². The highest BCUT2D eigenvalue weighted by Gasteiger charge is 2.18. The second-order valence-electron chi connectivity index (χ2n) is 4.23. The van der Waals surface area contributed by atoms with E-state index in [9.17, 15) is 4.79 Å². The lowest BCUT2D eigenvalue weighted by atomic mass is 9.98. The number of carbonyl (C=O) groups is 1. The number of para-hydroxylation sites is 1. The quantitative estimate of drug-likeness (QED) is 0.840. The standard InChI is InChI=1S/C13H15NO2/c1-8-7-14(3)12-10(8)5-4-6-11(12)9(2)13(15)16/h4-7,9H,1-3H3,(H,15,16). The number of nitrogens with zero attached hydrogens (tertiary/aromatic N) is 1. The van der Waals surface area contributed by atoms with Crippen molar-refractivity contribution < 1.29 is 9.90 Å². The molecule has 0 spiro atoms. The molecule has 0 saturated heterocycles. The van der Waals surface area contributed by atoms with Gasteiger partial charge < -0.3 is 9.67 Å². The number of hydrogen-bond donors (Lipinski definition) is 1. The second-order valence-corrected chi connectivity index (χ2v) is 4.23. The van der Waals surface area contributed by atoms with Crippen molar-refractivity contribution in [3.05, 3.63) is 35.5 Å². The van der Waals surface area contributed by atoms with E-state index in [4.69, 9.17) is 5.11 Å². The Labute approximate surface area is 94.3 Å². The van der Waals surface area contributed by atoms with E-state index in [1.54, 1.807) is 6.92 Å². The average Bonchev–Trinajstić information content (AvgIpc) is 2.54. The van der Waals surface area contributed by atoms with Crippen LogP contribution in [0.3, 0.4) is 0 Å². The van der Waals surface area contributed by atoms with Gasteiger partial charge in [0, 0.05) is 18.6 Å². The maximum atomic E-state index is 11.1. The van der Waals surface area contributed by atoms with Gasteiger partial charge in [-0.2, -0.15) is 0 Å². The van der Waals surface area contributed by atoms with Crippen LogP contribution in [0.2, 0.25) is 0 Å². The molecule has 3 heteroatoms. The number of aliphatic carboxylic acids is 1. The Morgan fingerprint density at radius 2 is 2.12 bits per heavy atom. The topological polar surface area (TPSA) is 42.2 Å². The van der Waals surface area contributed by atoms with E-state index in [1.165, 1.54) is 5.56 Å². The van der Waals surface area contributed by atoms with E-state index < -0.39 is 11.9 Å². The molecule has 1 atom stereocenters. The molecule has 0 amide bonds. The molecule has 2 rings (SSSR count). The van der Waals surface area contributed by atoms with Crippen molar-refractivity contribution in [3.63, 3.8) is 0 Å². The summed E-state index contributed by atoms with van der Waals surface area (Å²) >= 11 is 0. The molecule has 16 heavy (non-hydrogen) atoms. The van der Waals surface area contributed by atoms with Gasteiger partial charge in [0.25, 0.3) is 0 Å². The van der Waals surface area contributed by atoms with Crippen molar-refractivity contribution in [2.75, 3.05) is 0 Å². The average molecular weight is 217 g/mol. The van der Waals surface area contributed by atoms with Gasteiger partial charge in [-0.3, -0.25) is 4.79 Å². The molecule has 2 aromatic rings. The zero-order chi connectivity index (χ0) is 11.9. The lowest BCUT2D eigenvalue weighted by molar-refractivity contribution is -0.138. The molecule has 3 nitrogen and oxygen atoms in total. The van der Waals surface area contributed by atoms with E-state index in [0.717, 1.165) is 16.5 Å². The van der Waals surface area contributed by atoms with Gasteiger partial charge in [-0.15, -0.1) is 0 Å². The summed E-state index contributed by atoms with van der Waals surface area (Å²) in [7, 11) is 1.95. The number of fused-ring (bicyclic) bond motifs is 1. The van der Waals surface area contributed by atoms with Gasteiger partial charge in [0.1, 0.15) is 0 Å². The lowest BCUT2D eigenvalue weighted by Gasteiger charge is -2.10. The molecular formula is C13H15NO2. The van der Waals surface area contributed by atoms with Crippen LogP contribution in [0.25, 0.3) is 10.9 Å². The van der Waals surface area contributed by atoms with Gasteiger partial charge in [-0.25, -0.2) is 0 Å². The Hall–Kier alpha value is -1.77. The van der Waals surface area contributed by atoms with E-state index in [0.29, 0.717) is 0 Å². The van der Waals surface area contributed by atoms with Gasteiger partial charge in [-0.1, -0.05) is 18.2 Å². The summed E-state index contributed by atoms with van der Waals surface area (Å²) in [6.07, 6.45) is 2.03. The Bertz CT molecular complexity index is 554. The zero-order valence-electron chi connectivity index (χ0n) is 9.69. The van der Waals surface area contributed by atoms with Crippen LogP contribution in [0.4, 0.5) is 0 Å². The highest BCUT2D eigenvalue weighted by molar-refractivity contribution is 5.90. The van der Waals surface area contributed by atoms with Crippen LogP contribution in [0.5, 0.6) is 0 Å².